The number of ether oxygens (including phenoxy) is 2. The van der Waals surface area contributed by atoms with E-state index in [1.165, 1.54) is 4.90 Å². The first kappa shape index (κ1) is 26.3. The van der Waals surface area contributed by atoms with Crippen molar-refractivity contribution in [1.82, 2.24) is 24.8 Å². The molecule has 3 aliphatic heterocycles. The van der Waals surface area contributed by atoms with Crippen LogP contribution in [-0.4, -0.2) is 91.2 Å². The smallest absolute Gasteiger partial charge is 0.312 e. The molecule has 0 radical (unpaired) electrons. The first-order valence-electron chi connectivity index (χ1n) is 13.2. The summed E-state index contributed by atoms with van der Waals surface area (Å²) in [6, 6.07) is 6.50. The van der Waals surface area contributed by atoms with Gasteiger partial charge in [-0.25, -0.2) is 4.68 Å². The normalized spacial score (nSPS) is 31.6. The Balaban J connectivity index is 1.55. The van der Waals surface area contributed by atoms with Crippen molar-refractivity contribution in [2.45, 2.75) is 57.5 Å². The molecule has 2 bridgehead atoms. The lowest BCUT2D eigenvalue weighted by Crippen LogP contribution is -2.57. The lowest BCUT2D eigenvalue weighted by atomic mass is 9.62. The third kappa shape index (κ3) is 3.74. The number of para-hydroxylation sites is 1. The number of likely N-dealkylation sites (tertiary alicyclic amines) is 1. The van der Waals surface area contributed by atoms with Crippen LogP contribution < -0.4 is 0 Å². The molecule has 1 N–H and O–H groups in total. The molecular weight excluding hydrogens is 490 g/mol. The molecule has 11 heteroatoms. The molecule has 38 heavy (non-hydrogen) atoms. The van der Waals surface area contributed by atoms with E-state index >= 15 is 0 Å². The second-order valence-corrected chi connectivity index (χ2v) is 10.6. The van der Waals surface area contributed by atoms with E-state index in [-0.39, 0.29) is 50.7 Å². The Kier molecular flexibility index (Phi) is 6.77. The van der Waals surface area contributed by atoms with Crippen LogP contribution in [0.2, 0.25) is 0 Å². The number of aromatic nitrogens is 3. The number of fused-ring (bicyclic) bond motifs is 2. The maximum atomic E-state index is 14.4. The summed E-state index contributed by atoms with van der Waals surface area (Å²) in [5.74, 6) is -2.85. The second kappa shape index (κ2) is 9.77. The number of aliphatic hydroxyl groups is 1. The Bertz CT molecular complexity index is 1260. The molecular formula is C27H35N5O6. The number of carbonyl (C=O) groups is 3. The van der Waals surface area contributed by atoms with Crippen molar-refractivity contribution in [3.05, 3.63) is 36.9 Å². The Morgan fingerprint density at radius 1 is 1.37 bits per heavy atom. The minimum absolute atomic E-state index is 0.0823. The summed E-state index contributed by atoms with van der Waals surface area (Å²) in [4.78, 5) is 44.7. The SMILES string of the molecule is C=CCN(Cn1nnc2ccccc21)C(=O)C1N(CCCO)C(=O)[C@@H]2[C@H](C(=O)OCC)[C@@]3(C)OC12CC3C. The second-order valence-electron chi connectivity index (χ2n) is 10.6. The third-order valence-corrected chi connectivity index (χ3v) is 8.53. The van der Waals surface area contributed by atoms with Gasteiger partial charge in [0.05, 0.1) is 23.6 Å². The van der Waals surface area contributed by atoms with Crippen LogP contribution in [-0.2, 0) is 30.5 Å². The molecule has 1 aromatic carbocycles. The van der Waals surface area contributed by atoms with Crippen LogP contribution in [0.1, 0.15) is 33.6 Å². The van der Waals surface area contributed by atoms with Gasteiger partial charge in [-0.15, -0.1) is 11.7 Å². The van der Waals surface area contributed by atoms with Gasteiger partial charge in [-0.05, 0) is 44.7 Å². The molecule has 204 valence electrons. The van der Waals surface area contributed by atoms with Gasteiger partial charge in [0.1, 0.15) is 29.7 Å². The third-order valence-electron chi connectivity index (χ3n) is 8.53. The van der Waals surface area contributed by atoms with E-state index in [1.807, 2.05) is 38.1 Å². The van der Waals surface area contributed by atoms with Gasteiger partial charge in [-0.3, -0.25) is 14.4 Å². The van der Waals surface area contributed by atoms with Crippen molar-refractivity contribution < 1.29 is 29.0 Å². The first-order chi connectivity index (χ1) is 18.2. The van der Waals surface area contributed by atoms with E-state index in [2.05, 4.69) is 16.9 Å². The number of amides is 2. The maximum absolute atomic E-state index is 14.4. The molecule has 1 aromatic heterocycles. The van der Waals surface area contributed by atoms with Crippen LogP contribution in [0.4, 0.5) is 0 Å². The Morgan fingerprint density at radius 2 is 2.13 bits per heavy atom. The van der Waals surface area contributed by atoms with Crippen LogP contribution in [0.15, 0.2) is 36.9 Å². The molecule has 3 unspecified atom stereocenters. The van der Waals surface area contributed by atoms with E-state index in [9.17, 15) is 19.5 Å². The summed E-state index contributed by atoms with van der Waals surface area (Å²) in [7, 11) is 0. The first-order valence-corrected chi connectivity index (χ1v) is 13.2. The zero-order valence-corrected chi connectivity index (χ0v) is 22.1. The van der Waals surface area contributed by atoms with Gasteiger partial charge in [0.15, 0.2) is 0 Å². The fraction of sp³-hybridized carbons (Fsp3) is 0.593. The Hall–Kier alpha value is -3.31. The maximum Gasteiger partial charge on any atom is 0.312 e. The van der Waals surface area contributed by atoms with Gasteiger partial charge < -0.3 is 24.4 Å². The minimum atomic E-state index is -1.18. The molecule has 3 aliphatic rings. The predicted octanol–water partition coefficient (Wildman–Crippen LogP) is 1.36. The monoisotopic (exact) mass is 525 g/mol. The van der Waals surface area contributed by atoms with Crippen LogP contribution in [0, 0.1) is 17.8 Å². The largest absolute Gasteiger partial charge is 0.466 e. The highest BCUT2D eigenvalue weighted by atomic mass is 16.6. The molecule has 5 rings (SSSR count). The minimum Gasteiger partial charge on any atom is -0.466 e. The van der Waals surface area contributed by atoms with Gasteiger partial charge in [-0.1, -0.05) is 30.3 Å². The summed E-state index contributed by atoms with van der Waals surface area (Å²) in [6.07, 6.45) is 2.37. The number of benzene rings is 1. The number of carbonyl (C=O) groups excluding carboxylic acids is 3. The topological polar surface area (TPSA) is 127 Å². The van der Waals surface area contributed by atoms with E-state index in [1.54, 1.807) is 22.6 Å². The average Bonchev–Trinajstić information content (AvgIpc) is 3.56. The fourth-order valence-electron chi connectivity index (χ4n) is 6.82. The summed E-state index contributed by atoms with van der Waals surface area (Å²) in [6.45, 7) is 9.91. The highest BCUT2D eigenvalue weighted by Crippen LogP contribution is 2.65. The van der Waals surface area contributed by atoms with Crippen molar-refractivity contribution in [3.8, 4) is 0 Å². The number of nitrogens with zero attached hydrogens (tertiary/aromatic N) is 5. The molecule has 4 heterocycles. The molecule has 0 aliphatic carbocycles. The number of aliphatic hydroxyl groups excluding tert-OH is 1. The van der Waals surface area contributed by atoms with Gasteiger partial charge in [-0.2, -0.15) is 0 Å². The standard InChI is InChI=1S/C27H35N5O6/c1-5-12-30(16-32-19-11-8-7-10-18(19)28-29-32)24(35)22-27-15-17(3)26(4,38-27)21(25(36)37-6-2)20(27)23(34)31(22)13-9-14-33/h5,7-8,10-11,17,20-22,33H,1,6,9,12-16H2,2-4H3/t17?,20-,21+,22?,26-,27?/m0/s1. The zero-order valence-electron chi connectivity index (χ0n) is 22.1. The number of hydrogen-bond acceptors (Lipinski definition) is 8. The zero-order chi connectivity index (χ0) is 27.2. The molecule has 11 nitrogen and oxygen atoms in total. The number of esters is 1. The molecule has 1 spiro atoms. The Morgan fingerprint density at radius 3 is 2.84 bits per heavy atom. The van der Waals surface area contributed by atoms with Gasteiger partial charge in [0, 0.05) is 19.7 Å². The van der Waals surface area contributed by atoms with E-state index in [4.69, 9.17) is 9.47 Å². The van der Waals surface area contributed by atoms with Gasteiger partial charge in [0.25, 0.3) is 0 Å². The Labute approximate surface area is 221 Å². The van der Waals surface area contributed by atoms with Crippen LogP contribution in [0.3, 0.4) is 0 Å². The quantitative estimate of drug-likeness (QED) is 0.364. The van der Waals surface area contributed by atoms with Crippen molar-refractivity contribution >= 4 is 28.8 Å². The average molecular weight is 526 g/mol. The summed E-state index contributed by atoms with van der Waals surface area (Å²) >= 11 is 0. The van der Waals surface area contributed by atoms with Gasteiger partial charge in [0.2, 0.25) is 11.8 Å². The van der Waals surface area contributed by atoms with Crippen LogP contribution >= 0.6 is 0 Å². The van der Waals surface area contributed by atoms with Crippen molar-refractivity contribution in [1.29, 1.82) is 0 Å². The number of rotatable bonds is 10. The van der Waals surface area contributed by atoms with Crippen LogP contribution in [0.25, 0.3) is 11.0 Å². The van der Waals surface area contributed by atoms with E-state index in [0.29, 0.717) is 18.4 Å². The van der Waals surface area contributed by atoms with E-state index in [0.717, 1.165) is 5.52 Å². The van der Waals surface area contributed by atoms with Crippen molar-refractivity contribution in [2.24, 2.45) is 17.8 Å². The predicted molar refractivity (Wildman–Crippen MR) is 136 cm³/mol. The summed E-state index contributed by atoms with van der Waals surface area (Å²) in [5, 5.41) is 18.0. The lowest BCUT2D eigenvalue weighted by molar-refractivity contribution is -0.162. The molecule has 0 saturated carbocycles. The summed E-state index contributed by atoms with van der Waals surface area (Å²) in [5.41, 5.74) is -0.639. The molecule has 2 aromatic rings. The molecule has 2 amide bonds. The highest BCUT2D eigenvalue weighted by molar-refractivity contribution is 5.98. The van der Waals surface area contributed by atoms with Crippen molar-refractivity contribution in [2.75, 3.05) is 26.3 Å². The molecule has 6 atom stereocenters. The summed E-state index contributed by atoms with van der Waals surface area (Å²) < 4.78 is 13.7. The van der Waals surface area contributed by atoms with Crippen molar-refractivity contribution in [3.63, 3.8) is 0 Å². The van der Waals surface area contributed by atoms with E-state index < -0.39 is 35.0 Å². The van der Waals surface area contributed by atoms with Crippen LogP contribution in [0.5, 0.6) is 0 Å². The number of hydrogen-bond donors (Lipinski definition) is 1. The highest BCUT2D eigenvalue weighted by Gasteiger charge is 2.80. The van der Waals surface area contributed by atoms with Gasteiger partial charge >= 0.3 is 5.97 Å². The lowest BCUT2D eigenvalue weighted by Gasteiger charge is -2.37. The fourth-order valence-corrected chi connectivity index (χ4v) is 6.82. The molecule has 3 saturated heterocycles. The molecule has 3 fully saturated rings.